The third-order valence-corrected chi connectivity index (χ3v) is 6.64. The van der Waals surface area contributed by atoms with Crippen molar-refractivity contribution in [1.82, 2.24) is 9.55 Å². The fourth-order valence-corrected chi connectivity index (χ4v) is 4.43. The number of rotatable bonds is 11. The first-order chi connectivity index (χ1) is 17.2. The number of amides is 1. The molecule has 192 valence electrons. The van der Waals surface area contributed by atoms with Gasteiger partial charge in [-0.2, -0.15) is 0 Å². The fraction of sp³-hybridized carbons (Fsp3) is 0.400. The quantitative estimate of drug-likeness (QED) is 0.260. The van der Waals surface area contributed by atoms with Gasteiger partial charge in [0.2, 0.25) is 0 Å². The zero-order valence-electron chi connectivity index (χ0n) is 19.8. The van der Waals surface area contributed by atoms with Crippen molar-refractivity contribution in [3.05, 3.63) is 51.5 Å². The molecule has 36 heavy (non-hydrogen) atoms. The molecule has 1 fully saturated rings. The van der Waals surface area contributed by atoms with Gasteiger partial charge in [-0.15, -0.1) is 0 Å². The van der Waals surface area contributed by atoms with E-state index in [4.69, 9.17) is 15.6 Å². The lowest BCUT2D eigenvalue weighted by Crippen LogP contribution is -2.19. The van der Waals surface area contributed by atoms with Gasteiger partial charge in [-0.05, 0) is 68.4 Å². The molecule has 1 aromatic heterocycles. The van der Waals surface area contributed by atoms with Crippen molar-refractivity contribution < 1.29 is 28.9 Å². The number of nitrogens with one attached hydrogen (secondary N) is 1. The maximum absolute atomic E-state index is 16.0. The van der Waals surface area contributed by atoms with Gasteiger partial charge in [-0.25, -0.2) is 14.2 Å². The number of halogens is 2. The number of carbonyl (C=O) groups is 2. The van der Waals surface area contributed by atoms with Crippen LogP contribution in [0.2, 0.25) is 0 Å². The highest BCUT2D eigenvalue weighted by Gasteiger charge is 2.28. The van der Waals surface area contributed by atoms with Gasteiger partial charge in [0.25, 0.3) is 5.91 Å². The van der Waals surface area contributed by atoms with Crippen LogP contribution >= 0.6 is 15.9 Å². The van der Waals surface area contributed by atoms with Crippen LogP contribution in [0.1, 0.15) is 52.2 Å². The second-order valence-corrected chi connectivity index (χ2v) is 9.95. The Kier molecular flexibility index (Phi) is 7.91. The number of hydrogen-bond donors (Lipinski definition) is 4. The number of ether oxygens (including phenoxy) is 1. The summed E-state index contributed by atoms with van der Waals surface area (Å²) in [5, 5.41) is 21.7. The first kappa shape index (κ1) is 26.1. The van der Waals surface area contributed by atoms with Gasteiger partial charge in [0.05, 0.1) is 36.1 Å². The van der Waals surface area contributed by atoms with Crippen molar-refractivity contribution in [3.63, 3.8) is 0 Å². The number of primary amides is 1. The lowest BCUT2D eigenvalue weighted by molar-refractivity contribution is 0.0487. The summed E-state index contributed by atoms with van der Waals surface area (Å²) in [7, 11) is 0. The maximum atomic E-state index is 16.0. The second kappa shape index (κ2) is 10.9. The zero-order chi connectivity index (χ0) is 26.0. The molecule has 1 amide bonds. The second-order valence-electron chi connectivity index (χ2n) is 9.04. The molecule has 0 saturated heterocycles. The zero-order valence-corrected chi connectivity index (χ0v) is 21.3. The van der Waals surface area contributed by atoms with Crippen LogP contribution in [0.25, 0.3) is 11.0 Å². The van der Waals surface area contributed by atoms with E-state index in [2.05, 4.69) is 26.2 Å². The van der Waals surface area contributed by atoms with Crippen LogP contribution < -0.4 is 11.1 Å². The van der Waals surface area contributed by atoms with E-state index in [-0.39, 0.29) is 47.7 Å². The molecule has 0 aliphatic heterocycles. The fourth-order valence-electron chi connectivity index (χ4n) is 3.95. The number of aryl methyl sites for hydroxylation is 2. The molecule has 0 radical (unpaired) electrons. The van der Waals surface area contributed by atoms with E-state index in [1.54, 1.807) is 12.1 Å². The Hall–Kier alpha value is -3.02. The number of nitrogens with zero attached hydrogens (tertiary/aromatic N) is 2. The van der Waals surface area contributed by atoms with Crippen LogP contribution in [0, 0.1) is 18.7 Å². The molecule has 1 heterocycles. The van der Waals surface area contributed by atoms with Crippen molar-refractivity contribution in [2.45, 2.75) is 45.3 Å². The number of fused-ring (bicyclic) bond motifs is 1. The van der Waals surface area contributed by atoms with Gasteiger partial charge < -0.3 is 30.6 Å². The number of benzene rings is 2. The molecule has 3 aromatic rings. The standard InChI is InChI=1S/C25H28BrFN4O5/c1-13-9-15(26)6-7-18(13)29-21-17(25(35)36-12-14-4-5-14)10-19-22(20(21)27)30-24(23(28)34)31(19)8-2-3-16(33)11-32/h6-7,9-10,14,16,29,32-33H,2-5,8,11-12H2,1H3,(H2,28,34). The van der Waals surface area contributed by atoms with Gasteiger partial charge >= 0.3 is 5.97 Å². The minimum atomic E-state index is -0.925. The minimum Gasteiger partial charge on any atom is -0.462 e. The summed E-state index contributed by atoms with van der Waals surface area (Å²) >= 11 is 3.40. The van der Waals surface area contributed by atoms with E-state index < -0.39 is 30.4 Å². The van der Waals surface area contributed by atoms with Crippen molar-refractivity contribution >= 4 is 50.2 Å². The molecule has 9 nitrogen and oxygen atoms in total. The van der Waals surface area contributed by atoms with Crippen molar-refractivity contribution in [1.29, 1.82) is 0 Å². The Morgan fingerprint density at radius 1 is 1.36 bits per heavy atom. The number of esters is 1. The number of carbonyl (C=O) groups excluding carboxylic acids is 2. The summed E-state index contributed by atoms with van der Waals surface area (Å²) in [5.41, 5.74) is 6.86. The lowest BCUT2D eigenvalue weighted by Gasteiger charge is -2.16. The number of imidazole rings is 1. The van der Waals surface area contributed by atoms with E-state index in [1.807, 2.05) is 13.0 Å². The third kappa shape index (κ3) is 5.69. The number of aliphatic hydroxyl groups is 2. The molecule has 1 unspecified atom stereocenters. The molecule has 0 bridgehead atoms. The van der Waals surface area contributed by atoms with Crippen molar-refractivity contribution in [2.24, 2.45) is 11.7 Å². The molecule has 2 aromatic carbocycles. The molecule has 1 aliphatic rings. The molecule has 0 spiro atoms. The topological polar surface area (TPSA) is 140 Å². The normalized spacial score (nSPS) is 14.1. The lowest BCUT2D eigenvalue weighted by atomic mass is 10.1. The van der Waals surface area contributed by atoms with Crippen LogP contribution in [0.5, 0.6) is 0 Å². The van der Waals surface area contributed by atoms with Crippen molar-refractivity contribution in [2.75, 3.05) is 18.5 Å². The van der Waals surface area contributed by atoms with E-state index in [0.29, 0.717) is 18.0 Å². The number of hydrogen-bond acceptors (Lipinski definition) is 7. The van der Waals surface area contributed by atoms with E-state index in [9.17, 15) is 14.7 Å². The Bertz CT molecular complexity index is 1310. The highest BCUT2D eigenvalue weighted by Crippen LogP contribution is 2.35. The summed E-state index contributed by atoms with van der Waals surface area (Å²) in [6.07, 6.45) is 1.65. The summed E-state index contributed by atoms with van der Waals surface area (Å²) in [4.78, 5) is 29.4. The van der Waals surface area contributed by atoms with Crippen LogP contribution in [-0.4, -0.2) is 51.0 Å². The van der Waals surface area contributed by atoms with Crippen LogP contribution in [0.4, 0.5) is 15.8 Å². The molecule has 1 saturated carbocycles. The van der Waals surface area contributed by atoms with Gasteiger partial charge in [0.1, 0.15) is 5.52 Å². The van der Waals surface area contributed by atoms with Crippen LogP contribution in [0.3, 0.4) is 0 Å². The van der Waals surface area contributed by atoms with Gasteiger partial charge in [-0.1, -0.05) is 15.9 Å². The van der Waals surface area contributed by atoms with Gasteiger partial charge in [-0.3, -0.25) is 4.79 Å². The Morgan fingerprint density at radius 2 is 2.11 bits per heavy atom. The van der Waals surface area contributed by atoms with E-state index >= 15 is 4.39 Å². The largest absolute Gasteiger partial charge is 0.462 e. The number of aromatic nitrogens is 2. The first-order valence-corrected chi connectivity index (χ1v) is 12.5. The highest BCUT2D eigenvalue weighted by atomic mass is 79.9. The average Bonchev–Trinajstić information content (AvgIpc) is 3.60. The monoisotopic (exact) mass is 562 g/mol. The van der Waals surface area contributed by atoms with Crippen LogP contribution in [0.15, 0.2) is 28.7 Å². The number of anilines is 2. The summed E-state index contributed by atoms with van der Waals surface area (Å²) < 4.78 is 23.7. The van der Waals surface area contributed by atoms with E-state index in [0.717, 1.165) is 22.9 Å². The SMILES string of the molecule is Cc1cc(Br)ccc1Nc1c(C(=O)OCC2CC2)cc2c(nc(C(N)=O)n2CCCC(O)CO)c1F. The predicted octanol–water partition coefficient (Wildman–Crippen LogP) is 3.79. The predicted molar refractivity (Wildman–Crippen MR) is 136 cm³/mol. The maximum Gasteiger partial charge on any atom is 0.340 e. The third-order valence-electron chi connectivity index (χ3n) is 6.15. The molecule has 4 rings (SSSR count). The molecule has 11 heteroatoms. The van der Waals surface area contributed by atoms with Gasteiger partial charge in [0, 0.05) is 16.7 Å². The Balaban J connectivity index is 1.81. The molecule has 1 atom stereocenters. The average molecular weight is 563 g/mol. The number of nitrogens with two attached hydrogens (primary N) is 1. The summed E-state index contributed by atoms with van der Waals surface area (Å²) in [6.45, 7) is 1.86. The first-order valence-electron chi connectivity index (χ1n) is 11.7. The van der Waals surface area contributed by atoms with Crippen LogP contribution in [-0.2, 0) is 11.3 Å². The van der Waals surface area contributed by atoms with Crippen molar-refractivity contribution in [3.8, 4) is 0 Å². The molecule has 5 N–H and O–H groups in total. The summed E-state index contributed by atoms with van der Waals surface area (Å²) in [6, 6.07) is 6.84. The van der Waals surface area contributed by atoms with Gasteiger partial charge in [0.15, 0.2) is 11.6 Å². The molecular formula is C25H28BrFN4O5. The minimum absolute atomic E-state index is 0.0319. The number of aliphatic hydroxyl groups excluding tert-OH is 2. The molecule has 1 aliphatic carbocycles. The highest BCUT2D eigenvalue weighted by molar-refractivity contribution is 9.10. The summed E-state index contributed by atoms with van der Waals surface area (Å²) in [5.74, 6) is -2.22. The molecular weight excluding hydrogens is 535 g/mol. The Labute approximate surface area is 215 Å². The Morgan fingerprint density at radius 3 is 2.75 bits per heavy atom. The smallest absolute Gasteiger partial charge is 0.340 e. The van der Waals surface area contributed by atoms with E-state index in [1.165, 1.54) is 10.6 Å².